The molecule has 2 rings (SSSR count). The average molecular weight is 300 g/mol. The average Bonchev–Trinajstić information content (AvgIpc) is 2.82. The van der Waals surface area contributed by atoms with Crippen LogP contribution in [0.25, 0.3) is 11.3 Å². The molecule has 16 heavy (non-hydrogen) atoms. The highest BCUT2D eigenvalue weighted by atomic mass is 79.9. The van der Waals surface area contributed by atoms with Crippen LogP contribution in [0.4, 0.5) is 0 Å². The van der Waals surface area contributed by atoms with E-state index in [1.165, 1.54) is 0 Å². The van der Waals surface area contributed by atoms with E-state index in [-0.39, 0.29) is 0 Å². The van der Waals surface area contributed by atoms with Crippen molar-refractivity contribution in [2.24, 2.45) is 0 Å². The first-order valence-corrected chi connectivity index (χ1v) is 6.30. The van der Waals surface area contributed by atoms with Gasteiger partial charge in [-0.2, -0.15) is 0 Å². The number of hydrogen-bond acceptors (Lipinski definition) is 4. The van der Waals surface area contributed by atoms with E-state index in [1.54, 1.807) is 31.1 Å². The lowest BCUT2D eigenvalue weighted by Gasteiger charge is -2.10. The third-order valence-electron chi connectivity index (χ3n) is 2.18. The second-order valence-electron chi connectivity index (χ2n) is 3.06. The Balaban J connectivity index is 2.57. The highest BCUT2D eigenvalue weighted by molar-refractivity contribution is 9.10. The van der Waals surface area contributed by atoms with Gasteiger partial charge < -0.3 is 9.47 Å². The number of halogens is 1. The van der Waals surface area contributed by atoms with Crippen molar-refractivity contribution in [3.63, 3.8) is 0 Å². The summed E-state index contributed by atoms with van der Waals surface area (Å²) in [6.45, 7) is 0. The molecule has 0 N–H and O–H groups in total. The molecule has 2 aromatic rings. The molecule has 0 aliphatic carbocycles. The smallest absolute Gasteiger partial charge is 0.136 e. The van der Waals surface area contributed by atoms with Crippen LogP contribution in [0.2, 0.25) is 0 Å². The normalized spacial score (nSPS) is 10.2. The molecule has 1 aromatic carbocycles. The largest absolute Gasteiger partial charge is 0.496 e. The molecule has 0 saturated heterocycles. The van der Waals surface area contributed by atoms with Crippen LogP contribution in [0.1, 0.15) is 0 Å². The molecule has 0 aliphatic rings. The second kappa shape index (κ2) is 4.84. The number of rotatable bonds is 3. The maximum absolute atomic E-state index is 5.33. The van der Waals surface area contributed by atoms with Gasteiger partial charge in [0.2, 0.25) is 0 Å². The highest BCUT2D eigenvalue weighted by Gasteiger charge is 2.12. The van der Waals surface area contributed by atoms with E-state index < -0.39 is 0 Å². The molecule has 3 nitrogen and oxygen atoms in total. The van der Waals surface area contributed by atoms with Crippen molar-refractivity contribution in [1.82, 2.24) is 4.98 Å². The van der Waals surface area contributed by atoms with Crippen LogP contribution in [0.15, 0.2) is 27.5 Å². The molecule has 0 aliphatic heterocycles. The summed E-state index contributed by atoms with van der Waals surface area (Å²) in [6.07, 6.45) is 0. The minimum absolute atomic E-state index is 0.746. The summed E-state index contributed by atoms with van der Waals surface area (Å²) in [5, 5.41) is 1.98. The maximum atomic E-state index is 5.33. The summed E-state index contributed by atoms with van der Waals surface area (Å²) in [4.78, 5) is 4.27. The van der Waals surface area contributed by atoms with Crippen LogP contribution >= 0.6 is 27.3 Å². The number of ether oxygens (including phenoxy) is 2. The van der Waals surface area contributed by atoms with Crippen LogP contribution in [0.5, 0.6) is 11.5 Å². The molecular formula is C11H10BrNO2S. The number of nitrogens with zero attached hydrogens (tertiary/aromatic N) is 1. The Bertz CT molecular complexity index is 485. The van der Waals surface area contributed by atoms with Crippen LogP contribution < -0.4 is 9.47 Å². The lowest BCUT2D eigenvalue weighted by Crippen LogP contribution is -1.91. The molecular weight excluding hydrogens is 290 g/mol. The topological polar surface area (TPSA) is 31.4 Å². The van der Waals surface area contributed by atoms with Crippen LogP contribution in [0.3, 0.4) is 0 Å². The number of hydrogen-bond donors (Lipinski definition) is 0. The van der Waals surface area contributed by atoms with E-state index in [0.717, 1.165) is 27.2 Å². The second-order valence-corrected chi connectivity index (χ2v) is 4.63. The van der Waals surface area contributed by atoms with E-state index in [2.05, 4.69) is 20.9 Å². The monoisotopic (exact) mass is 299 g/mol. The summed E-state index contributed by atoms with van der Waals surface area (Å²) >= 11 is 5.01. The first-order chi connectivity index (χ1) is 7.76. The summed E-state index contributed by atoms with van der Waals surface area (Å²) in [6, 6.07) is 3.80. The fraction of sp³-hybridized carbons (Fsp3) is 0.182. The summed E-state index contributed by atoms with van der Waals surface area (Å²) in [7, 11) is 3.26. The molecule has 84 valence electrons. The Morgan fingerprint density at radius 1 is 1.19 bits per heavy atom. The quantitative estimate of drug-likeness (QED) is 0.868. The fourth-order valence-electron chi connectivity index (χ4n) is 1.41. The third kappa shape index (κ3) is 2.05. The molecule has 0 saturated carbocycles. The molecule has 1 aromatic heterocycles. The van der Waals surface area contributed by atoms with Gasteiger partial charge >= 0.3 is 0 Å². The van der Waals surface area contributed by atoms with Crippen molar-refractivity contribution in [2.45, 2.75) is 0 Å². The third-order valence-corrected chi connectivity index (χ3v) is 3.39. The van der Waals surface area contributed by atoms with Gasteiger partial charge in [0.05, 0.1) is 29.9 Å². The van der Waals surface area contributed by atoms with Crippen LogP contribution in [-0.4, -0.2) is 19.2 Å². The Kier molecular flexibility index (Phi) is 3.46. The standard InChI is InChI=1S/C11H10BrNO2S/c1-14-10-4-11(15-2)8(12)3-7(10)9-5-16-6-13-9/h3-6H,1-2H3. The molecule has 0 bridgehead atoms. The van der Waals surface area contributed by atoms with Gasteiger partial charge in [0, 0.05) is 17.0 Å². The predicted octanol–water partition coefficient (Wildman–Crippen LogP) is 3.59. The fourth-order valence-corrected chi connectivity index (χ4v) is 2.46. The maximum Gasteiger partial charge on any atom is 0.136 e. The van der Waals surface area contributed by atoms with Gasteiger partial charge in [-0.15, -0.1) is 11.3 Å². The van der Waals surface area contributed by atoms with Crippen molar-refractivity contribution in [1.29, 1.82) is 0 Å². The molecule has 0 fully saturated rings. The van der Waals surface area contributed by atoms with E-state index in [9.17, 15) is 0 Å². The van der Waals surface area contributed by atoms with Crippen molar-refractivity contribution in [3.8, 4) is 22.8 Å². The molecule has 0 unspecified atom stereocenters. The van der Waals surface area contributed by atoms with E-state index in [4.69, 9.17) is 9.47 Å². The van der Waals surface area contributed by atoms with Crippen LogP contribution in [-0.2, 0) is 0 Å². The van der Waals surface area contributed by atoms with Crippen molar-refractivity contribution < 1.29 is 9.47 Å². The zero-order valence-electron chi connectivity index (χ0n) is 8.86. The van der Waals surface area contributed by atoms with Gasteiger partial charge in [0.1, 0.15) is 11.5 Å². The van der Waals surface area contributed by atoms with Crippen molar-refractivity contribution >= 4 is 27.3 Å². The molecule has 1 heterocycles. The number of thiazole rings is 1. The van der Waals surface area contributed by atoms with Gasteiger partial charge in [0.15, 0.2) is 0 Å². The highest BCUT2D eigenvalue weighted by Crippen LogP contribution is 2.38. The van der Waals surface area contributed by atoms with E-state index in [1.807, 2.05) is 17.5 Å². The molecule has 0 radical (unpaired) electrons. The van der Waals surface area contributed by atoms with E-state index >= 15 is 0 Å². The minimum atomic E-state index is 0.746. The van der Waals surface area contributed by atoms with Crippen molar-refractivity contribution in [2.75, 3.05) is 14.2 Å². The molecule has 0 spiro atoms. The number of aromatic nitrogens is 1. The summed E-state index contributed by atoms with van der Waals surface area (Å²) < 4.78 is 11.4. The Morgan fingerprint density at radius 2 is 1.94 bits per heavy atom. The number of methoxy groups -OCH3 is 2. The SMILES string of the molecule is COc1cc(OC)c(-c2cscn2)cc1Br. The zero-order chi connectivity index (χ0) is 11.5. The van der Waals surface area contributed by atoms with Gasteiger partial charge in [-0.05, 0) is 22.0 Å². The Hall–Kier alpha value is -1.07. The zero-order valence-corrected chi connectivity index (χ0v) is 11.3. The van der Waals surface area contributed by atoms with Crippen LogP contribution in [0, 0.1) is 0 Å². The number of benzene rings is 1. The Labute approximate surface area is 106 Å². The lowest BCUT2D eigenvalue weighted by atomic mass is 10.1. The molecule has 0 atom stereocenters. The van der Waals surface area contributed by atoms with Gasteiger partial charge in [-0.3, -0.25) is 0 Å². The first kappa shape index (κ1) is 11.4. The molecule has 0 amide bonds. The van der Waals surface area contributed by atoms with Crippen molar-refractivity contribution in [3.05, 3.63) is 27.5 Å². The first-order valence-electron chi connectivity index (χ1n) is 4.56. The van der Waals surface area contributed by atoms with E-state index in [0.29, 0.717) is 0 Å². The summed E-state index contributed by atoms with van der Waals surface area (Å²) in [5.41, 5.74) is 3.66. The predicted molar refractivity (Wildman–Crippen MR) is 68.4 cm³/mol. The van der Waals surface area contributed by atoms with Gasteiger partial charge in [0.25, 0.3) is 0 Å². The van der Waals surface area contributed by atoms with Gasteiger partial charge in [-0.25, -0.2) is 4.98 Å². The van der Waals surface area contributed by atoms with Gasteiger partial charge in [-0.1, -0.05) is 0 Å². The Morgan fingerprint density at radius 3 is 2.50 bits per heavy atom. The molecule has 5 heteroatoms. The summed E-state index contributed by atoms with van der Waals surface area (Å²) in [5.74, 6) is 1.50. The lowest BCUT2D eigenvalue weighted by molar-refractivity contribution is 0.393. The minimum Gasteiger partial charge on any atom is -0.496 e.